The van der Waals surface area contributed by atoms with Crippen LogP contribution in [0.25, 0.3) is 0 Å². The normalized spacial score (nSPS) is 27.1. The van der Waals surface area contributed by atoms with Gasteiger partial charge in [0.1, 0.15) is 0 Å². The number of nitrogens with zero attached hydrogens (tertiary/aromatic N) is 2. The Morgan fingerprint density at radius 1 is 1.22 bits per heavy atom. The number of nitrogens with one attached hydrogen (secondary N) is 2. The third-order valence-corrected chi connectivity index (χ3v) is 6.55. The highest BCUT2D eigenvalue weighted by Gasteiger charge is 2.29. The van der Waals surface area contributed by atoms with Gasteiger partial charge in [-0.3, -0.25) is 9.89 Å². The Kier molecular flexibility index (Phi) is 9.59. The lowest BCUT2D eigenvalue weighted by molar-refractivity contribution is 0.192. The van der Waals surface area contributed by atoms with E-state index in [1.165, 1.54) is 44.5 Å². The van der Waals surface area contributed by atoms with E-state index in [9.17, 15) is 0 Å². The lowest BCUT2D eigenvalue weighted by atomic mass is 10.0. The number of likely N-dealkylation sites (tertiary alicyclic amines) is 1. The molecule has 2 aliphatic rings. The topological polar surface area (TPSA) is 39.7 Å². The molecule has 2 fully saturated rings. The van der Waals surface area contributed by atoms with Crippen molar-refractivity contribution in [3.63, 3.8) is 0 Å². The lowest BCUT2D eigenvalue weighted by Gasteiger charge is -2.32. The van der Waals surface area contributed by atoms with Gasteiger partial charge < -0.3 is 10.6 Å². The monoisotopic (exact) mass is 454 g/mol. The standard InChI is InChI=1S/C17H34N4S.HI/c1-14(2)15(21-9-5-6-10-21)12-19-16(18-4)20-13-17(3)8-7-11-22-17;/h14-15H,5-13H2,1-4H3,(H2,18,19,20);1H. The number of hydrogen-bond acceptors (Lipinski definition) is 3. The fourth-order valence-electron chi connectivity index (χ4n) is 3.53. The van der Waals surface area contributed by atoms with Crippen LogP contribution < -0.4 is 10.6 Å². The summed E-state index contributed by atoms with van der Waals surface area (Å²) in [5.74, 6) is 2.93. The summed E-state index contributed by atoms with van der Waals surface area (Å²) >= 11 is 2.09. The second-order valence-corrected chi connectivity index (χ2v) is 8.95. The van der Waals surface area contributed by atoms with Crippen LogP contribution in [0.2, 0.25) is 0 Å². The van der Waals surface area contributed by atoms with Gasteiger partial charge in [0.25, 0.3) is 0 Å². The molecule has 2 atom stereocenters. The van der Waals surface area contributed by atoms with Crippen LogP contribution in [0.1, 0.15) is 46.5 Å². The smallest absolute Gasteiger partial charge is 0.191 e. The molecule has 0 aromatic rings. The zero-order chi connectivity index (χ0) is 16.0. The Labute approximate surface area is 164 Å². The van der Waals surface area contributed by atoms with Crippen LogP contribution in [0.15, 0.2) is 4.99 Å². The first-order chi connectivity index (χ1) is 10.5. The van der Waals surface area contributed by atoms with Gasteiger partial charge in [-0.15, -0.1) is 24.0 Å². The van der Waals surface area contributed by atoms with Crippen molar-refractivity contribution in [3.05, 3.63) is 0 Å². The van der Waals surface area contributed by atoms with Crippen LogP contribution in [-0.4, -0.2) is 60.6 Å². The Morgan fingerprint density at radius 3 is 2.43 bits per heavy atom. The molecule has 0 amide bonds. The number of rotatable bonds is 6. The first-order valence-corrected chi connectivity index (χ1v) is 9.85. The minimum atomic E-state index is 0. The summed E-state index contributed by atoms with van der Waals surface area (Å²) < 4.78 is 0.379. The van der Waals surface area contributed by atoms with Gasteiger partial charge in [0.15, 0.2) is 5.96 Å². The summed E-state index contributed by atoms with van der Waals surface area (Å²) in [6.07, 6.45) is 5.36. The first-order valence-electron chi connectivity index (χ1n) is 8.86. The van der Waals surface area contributed by atoms with Gasteiger partial charge in [0.05, 0.1) is 0 Å². The van der Waals surface area contributed by atoms with E-state index in [0.29, 0.717) is 16.7 Å². The molecule has 0 bridgehead atoms. The molecule has 0 radical (unpaired) electrons. The summed E-state index contributed by atoms with van der Waals surface area (Å²) in [6.45, 7) is 11.5. The maximum absolute atomic E-state index is 4.40. The molecule has 2 rings (SSSR count). The van der Waals surface area contributed by atoms with Gasteiger partial charge >= 0.3 is 0 Å². The molecule has 0 saturated carbocycles. The number of halogens is 1. The van der Waals surface area contributed by atoms with Crippen molar-refractivity contribution in [2.45, 2.75) is 57.2 Å². The van der Waals surface area contributed by atoms with Crippen LogP contribution in [0, 0.1) is 5.92 Å². The molecule has 6 heteroatoms. The van der Waals surface area contributed by atoms with Gasteiger partial charge in [-0.25, -0.2) is 0 Å². The maximum Gasteiger partial charge on any atom is 0.191 e. The molecule has 0 spiro atoms. The van der Waals surface area contributed by atoms with Crippen LogP contribution >= 0.6 is 35.7 Å². The van der Waals surface area contributed by atoms with Crippen molar-refractivity contribution < 1.29 is 0 Å². The van der Waals surface area contributed by atoms with Crippen molar-refractivity contribution in [2.24, 2.45) is 10.9 Å². The van der Waals surface area contributed by atoms with Crippen LogP contribution in [0.5, 0.6) is 0 Å². The highest BCUT2D eigenvalue weighted by molar-refractivity contribution is 14.0. The van der Waals surface area contributed by atoms with E-state index in [-0.39, 0.29) is 24.0 Å². The van der Waals surface area contributed by atoms with Gasteiger partial charge in [0.2, 0.25) is 0 Å². The van der Waals surface area contributed by atoms with E-state index in [1.54, 1.807) is 0 Å². The lowest BCUT2D eigenvalue weighted by Crippen LogP contribution is -2.50. The van der Waals surface area contributed by atoms with E-state index >= 15 is 0 Å². The molecule has 2 saturated heterocycles. The predicted molar refractivity (Wildman–Crippen MR) is 114 cm³/mol. The van der Waals surface area contributed by atoms with Gasteiger partial charge in [-0.05, 0) is 57.4 Å². The van der Waals surface area contributed by atoms with Gasteiger partial charge in [-0.1, -0.05) is 13.8 Å². The Bertz CT molecular complexity index is 364. The molecule has 0 aliphatic carbocycles. The van der Waals surface area contributed by atoms with E-state index < -0.39 is 0 Å². The highest BCUT2D eigenvalue weighted by Crippen LogP contribution is 2.36. The average Bonchev–Trinajstić information content (AvgIpc) is 3.14. The summed E-state index contributed by atoms with van der Waals surface area (Å²) in [7, 11) is 1.87. The van der Waals surface area contributed by atoms with Crippen molar-refractivity contribution >= 4 is 41.7 Å². The van der Waals surface area contributed by atoms with E-state index in [2.05, 4.69) is 53.1 Å². The minimum Gasteiger partial charge on any atom is -0.355 e. The van der Waals surface area contributed by atoms with Crippen LogP contribution in [0.4, 0.5) is 0 Å². The molecule has 136 valence electrons. The van der Waals surface area contributed by atoms with Crippen LogP contribution in [0.3, 0.4) is 0 Å². The largest absolute Gasteiger partial charge is 0.355 e. The fraction of sp³-hybridized carbons (Fsp3) is 0.941. The third kappa shape index (κ3) is 6.61. The summed E-state index contributed by atoms with van der Waals surface area (Å²) in [4.78, 5) is 7.04. The average molecular weight is 454 g/mol. The van der Waals surface area contributed by atoms with E-state index in [1.807, 2.05) is 7.05 Å². The minimum absolute atomic E-state index is 0. The molecule has 2 unspecified atom stereocenters. The Morgan fingerprint density at radius 2 is 1.91 bits per heavy atom. The van der Waals surface area contributed by atoms with E-state index in [0.717, 1.165) is 19.0 Å². The highest BCUT2D eigenvalue weighted by atomic mass is 127. The zero-order valence-corrected chi connectivity index (χ0v) is 18.4. The van der Waals surface area contributed by atoms with Gasteiger partial charge in [-0.2, -0.15) is 11.8 Å². The number of thioether (sulfide) groups is 1. The molecule has 23 heavy (non-hydrogen) atoms. The molecule has 0 aromatic carbocycles. The third-order valence-electron chi connectivity index (χ3n) is 5.01. The summed E-state index contributed by atoms with van der Waals surface area (Å²) in [6, 6.07) is 0.609. The second kappa shape index (κ2) is 10.3. The zero-order valence-electron chi connectivity index (χ0n) is 15.2. The van der Waals surface area contributed by atoms with Crippen molar-refractivity contribution in [1.82, 2.24) is 15.5 Å². The molecular formula is C17H35IN4S. The van der Waals surface area contributed by atoms with Gasteiger partial charge in [0, 0.05) is 30.9 Å². The quantitative estimate of drug-likeness (QED) is 0.368. The molecule has 2 N–H and O–H groups in total. The SMILES string of the molecule is CN=C(NCC(C(C)C)N1CCCC1)NCC1(C)CCCS1.I. The second-order valence-electron chi connectivity index (χ2n) is 7.26. The molecule has 4 nitrogen and oxygen atoms in total. The first kappa shape index (κ1) is 21.4. The number of guanidine groups is 1. The fourth-order valence-corrected chi connectivity index (χ4v) is 4.77. The Balaban J connectivity index is 0.00000264. The molecule has 0 aromatic heterocycles. The van der Waals surface area contributed by atoms with Crippen molar-refractivity contribution in [2.75, 3.05) is 39.0 Å². The summed E-state index contributed by atoms with van der Waals surface area (Å²) in [5, 5.41) is 7.09. The predicted octanol–water partition coefficient (Wildman–Crippen LogP) is 3.18. The molecular weight excluding hydrogens is 419 g/mol. The molecule has 2 aliphatic heterocycles. The molecule has 2 heterocycles. The maximum atomic E-state index is 4.40. The van der Waals surface area contributed by atoms with Crippen molar-refractivity contribution in [1.29, 1.82) is 0 Å². The van der Waals surface area contributed by atoms with E-state index in [4.69, 9.17) is 0 Å². The van der Waals surface area contributed by atoms with Crippen LogP contribution in [-0.2, 0) is 0 Å². The number of hydrogen-bond donors (Lipinski definition) is 2. The summed E-state index contributed by atoms with van der Waals surface area (Å²) in [5.41, 5.74) is 0. The number of aliphatic imine (C=N–C) groups is 1. The Hall–Kier alpha value is 0.310. The van der Waals surface area contributed by atoms with Crippen molar-refractivity contribution in [3.8, 4) is 0 Å².